The van der Waals surface area contributed by atoms with E-state index in [2.05, 4.69) is 46.4 Å². The summed E-state index contributed by atoms with van der Waals surface area (Å²) in [7, 11) is 0. The number of hydrogen-bond donors (Lipinski definition) is 0. The molecule has 0 atom stereocenters. The number of benzene rings is 1. The van der Waals surface area contributed by atoms with Gasteiger partial charge in [0.1, 0.15) is 17.8 Å². The maximum atomic E-state index is 12.7. The van der Waals surface area contributed by atoms with Gasteiger partial charge < -0.3 is 4.90 Å². The van der Waals surface area contributed by atoms with Crippen LogP contribution >= 0.6 is 11.6 Å². The van der Waals surface area contributed by atoms with Gasteiger partial charge in [0, 0.05) is 24.7 Å². The summed E-state index contributed by atoms with van der Waals surface area (Å²) in [5.41, 5.74) is 3.94. The molecule has 1 saturated heterocycles. The van der Waals surface area contributed by atoms with Gasteiger partial charge in [-0.1, -0.05) is 41.4 Å². The van der Waals surface area contributed by atoms with Gasteiger partial charge in [-0.3, -0.25) is 4.79 Å². The number of carbonyl (C=O) groups is 1. The fourth-order valence-electron chi connectivity index (χ4n) is 3.74. The summed E-state index contributed by atoms with van der Waals surface area (Å²) in [6.07, 6.45) is 8.41. The van der Waals surface area contributed by atoms with E-state index < -0.39 is 0 Å². The molecule has 1 aliphatic rings. The number of piperidine rings is 1. The average molecular weight is 425 g/mol. The van der Waals surface area contributed by atoms with Gasteiger partial charge in [-0.15, -0.1) is 0 Å². The molecule has 0 aliphatic carbocycles. The molecule has 156 valence electrons. The van der Waals surface area contributed by atoms with Crippen LogP contribution in [0.3, 0.4) is 0 Å². The summed E-state index contributed by atoms with van der Waals surface area (Å²) >= 11 is 6.56. The van der Waals surface area contributed by atoms with E-state index in [1.807, 2.05) is 16.5 Å². The van der Waals surface area contributed by atoms with Crippen LogP contribution in [0.1, 0.15) is 41.3 Å². The van der Waals surface area contributed by atoms with Gasteiger partial charge in [-0.25, -0.2) is 14.3 Å². The van der Waals surface area contributed by atoms with Gasteiger partial charge in [-0.05, 0) is 38.3 Å². The Balaban J connectivity index is 1.39. The molecule has 0 spiro atoms. The van der Waals surface area contributed by atoms with Gasteiger partial charge in [0.25, 0.3) is 0 Å². The fraction of sp³-hybridized carbons (Fsp3) is 0.364. The van der Waals surface area contributed by atoms with Gasteiger partial charge in [0.2, 0.25) is 5.91 Å². The average Bonchev–Trinajstić information content (AvgIpc) is 3.37. The zero-order valence-electron chi connectivity index (χ0n) is 17.2. The number of halogens is 1. The zero-order valence-corrected chi connectivity index (χ0v) is 18.0. The Hall–Kier alpha value is -2.93. The molecule has 1 amide bonds. The Morgan fingerprint density at radius 1 is 1.20 bits per heavy atom. The molecule has 8 heteroatoms. The molecule has 3 heterocycles. The second kappa shape index (κ2) is 8.83. The van der Waals surface area contributed by atoms with Crippen LogP contribution in [0.15, 0.2) is 43.0 Å². The maximum Gasteiger partial charge on any atom is 0.246 e. The van der Waals surface area contributed by atoms with Crippen molar-refractivity contribution in [1.29, 1.82) is 0 Å². The largest absolute Gasteiger partial charge is 0.339 e. The summed E-state index contributed by atoms with van der Waals surface area (Å²) in [4.78, 5) is 18.5. The number of rotatable bonds is 5. The molecule has 2 aromatic heterocycles. The third kappa shape index (κ3) is 4.46. The first-order valence-corrected chi connectivity index (χ1v) is 10.5. The maximum absolute atomic E-state index is 12.7. The van der Waals surface area contributed by atoms with Crippen LogP contribution in [0.2, 0.25) is 5.15 Å². The highest BCUT2D eigenvalue weighted by Gasteiger charge is 2.23. The highest BCUT2D eigenvalue weighted by molar-refractivity contribution is 6.31. The Bertz CT molecular complexity index is 1030. The van der Waals surface area contributed by atoms with Crippen LogP contribution in [0.25, 0.3) is 6.08 Å². The van der Waals surface area contributed by atoms with E-state index in [1.165, 1.54) is 5.56 Å². The Labute approximate surface area is 181 Å². The fourth-order valence-corrected chi connectivity index (χ4v) is 4.04. The first-order valence-electron chi connectivity index (χ1n) is 10.1. The monoisotopic (exact) mass is 424 g/mol. The van der Waals surface area contributed by atoms with E-state index in [0.29, 0.717) is 30.8 Å². The SMILES string of the molecule is Cc1ccc(Cn2nc(C)c(/C=C/C(=O)N3CCC(n4cncn4)CC3)c2Cl)cc1. The van der Waals surface area contributed by atoms with Crippen LogP contribution in [0.5, 0.6) is 0 Å². The minimum atomic E-state index is -0.00575. The predicted octanol–water partition coefficient (Wildman–Crippen LogP) is 3.67. The molecule has 4 rings (SSSR count). The van der Waals surface area contributed by atoms with Crippen molar-refractivity contribution in [3.05, 3.63) is 70.5 Å². The first-order chi connectivity index (χ1) is 14.5. The number of nitrogens with zero attached hydrogens (tertiary/aromatic N) is 6. The molecule has 0 unspecified atom stereocenters. The molecule has 0 bridgehead atoms. The van der Waals surface area contributed by atoms with E-state index in [4.69, 9.17) is 11.6 Å². The van der Waals surface area contributed by atoms with Crippen LogP contribution in [0, 0.1) is 13.8 Å². The van der Waals surface area contributed by atoms with Gasteiger partial charge in [0.15, 0.2) is 0 Å². The molecule has 1 aromatic carbocycles. The predicted molar refractivity (Wildman–Crippen MR) is 116 cm³/mol. The number of aromatic nitrogens is 5. The minimum absolute atomic E-state index is 0.00575. The number of carbonyl (C=O) groups excluding carboxylic acids is 1. The van der Waals surface area contributed by atoms with Crippen LogP contribution in [-0.2, 0) is 11.3 Å². The summed E-state index contributed by atoms with van der Waals surface area (Å²) in [6.45, 7) is 5.97. The number of amides is 1. The van der Waals surface area contributed by atoms with Crippen molar-refractivity contribution in [3.63, 3.8) is 0 Å². The summed E-state index contributed by atoms with van der Waals surface area (Å²) in [5.74, 6) is -0.00575. The third-order valence-electron chi connectivity index (χ3n) is 5.54. The van der Waals surface area contributed by atoms with Crippen molar-refractivity contribution in [1.82, 2.24) is 29.4 Å². The van der Waals surface area contributed by atoms with Crippen molar-refractivity contribution in [2.24, 2.45) is 0 Å². The van der Waals surface area contributed by atoms with Crippen LogP contribution in [-0.4, -0.2) is 48.4 Å². The Morgan fingerprint density at radius 2 is 1.93 bits per heavy atom. The van der Waals surface area contributed by atoms with Crippen LogP contribution < -0.4 is 0 Å². The smallest absolute Gasteiger partial charge is 0.246 e. The highest BCUT2D eigenvalue weighted by atomic mass is 35.5. The quantitative estimate of drug-likeness (QED) is 0.586. The Morgan fingerprint density at radius 3 is 2.60 bits per heavy atom. The summed E-state index contributed by atoms with van der Waals surface area (Å²) in [6, 6.07) is 8.60. The van der Waals surface area contributed by atoms with E-state index in [1.54, 1.807) is 29.5 Å². The second-order valence-electron chi connectivity index (χ2n) is 7.70. The van der Waals surface area contributed by atoms with Crippen molar-refractivity contribution >= 4 is 23.6 Å². The lowest BCUT2D eigenvalue weighted by Crippen LogP contribution is -2.38. The molecule has 0 N–H and O–H groups in total. The number of hydrogen-bond acceptors (Lipinski definition) is 4. The molecular formula is C22H25ClN6O. The number of likely N-dealkylation sites (tertiary alicyclic amines) is 1. The molecule has 30 heavy (non-hydrogen) atoms. The lowest BCUT2D eigenvalue weighted by molar-refractivity contribution is -0.127. The molecule has 1 fully saturated rings. The third-order valence-corrected chi connectivity index (χ3v) is 5.94. The molecule has 7 nitrogen and oxygen atoms in total. The molecular weight excluding hydrogens is 400 g/mol. The first kappa shape index (κ1) is 20.3. The second-order valence-corrected chi connectivity index (χ2v) is 8.06. The highest BCUT2D eigenvalue weighted by Crippen LogP contribution is 2.24. The van der Waals surface area contributed by atoms with Crippen molar-refractivity contribution in [2.75, 3.05) is 13.1 Å². The van der Waals surface area contributed by atoms with E-state index in [9.17, 15) is 4.79 Å². The van der Waals surface area contributed by atoms with Crippen molar-refractivity contribution < 1.29 is 4.79 Å². The standard InChI is InChI=1S/C22H25ClN6O/c1-16-3-5-18(6-4-16)13-28-22(23)20(17(2)26-28)7-8-21(30)27-11-9-19(10-12-27)29-15-24-14-25-29/h3-8,14-15,19H,9-13H2,1-2H3/b8-7+. The van der Waals surface area contributed by atoms with Crippen molar-refractivity contribution in [3.8, 4) is 0 Å². The topological polar surface area (TPSA) is 68.8 Å². The van der Waals surface area contributed by atoms with Gasteiger partial charge in [-0.2, -0.15) is 10.2 Å². The van der Waals surface area contributed by atoms with Crippen LogP contribution in [0.4, 0.5) is 0 Å². The normalized spacial score (nSPS) is 15.2. The molecule has 0 saturated carbocycles. The molecule has 3 aromatic rings. The van der Waals surface area contributed by atoms with Gasteiger partial charge in [0.05, 0.1) is 18.3 Å². The van der Waals surface area contributed by atoms with E-state index in [-0.39, 0.29) is 5.91 Å². The van der Waals surface area contributed by atoms with E-state index in [0.717, 1.165) is 29.7 Å². The number of aryl methyl sites for hydroxylation is 2. The van der Waals surface area contributed by atoms with Crippen molar-refractivity contribution in [2.45, 2.75) is 39.3 Å². The minimum Gasteiger partial charge on any atom is -0.339 e. The van der Waals surface area contributed by atoms with Gasteiger partial charge >= 0.3 is 0 Å². The van der Waals surface area contributed by atoms with E-state index >= 15 is 0 Å². The Kier molecular flexibility index (Phi) is 5.99. The molecule has 0 radical (unpaired) electrons. The lowest BCUT2D eigenvalue weighted by Gasteiger charge is -2.31. The molecule has 1 aliphatic heterocycles. The zero-order chi connectivity index (χ0) is 21.1. The lowest BCUT2D eigenvalue weighted by atomic mass is 10.1. The summed E-state index contributed by atoms with van der Waals surface area (Å²) < 4.78 is 3.65. The summed E-state index contributed by atoms with van der Waals surface area (Å²) in [5, 5.41) is 9.30.